The molecule has 0 amide bonds. The van der Waals surface area contributed by atoms with E-state index in [2.05, 4.69) is 168 Å². The van der Waals surface area contributed by atoms with Crippen molar-refractivity contribution in [2.24, 2.45) is 0 Å². The minimum absolute atomic E-state index is 0.529. The van der Waals surface area contributed by atoms with Gasteiger partial charge in [-0.25, -0.2) is 0 Å². The Morgan fingerprint density at radius 1 is 0.490 bits per heavy atom. The van der Waals surface area contributed by atoms with Gasteiger partial charge in [-0.05, 0) is 103 Å². The first-order valence-electron chi connectivity index (χ1n) is 17.2. The van der Waals surface area contributed by atoms with Crippen LogP contribution in [0.3, 0.4) is 0 Å². The Balaban J connectivity index is 1.09. The summed E-state index contributed by atoms with van der Waals surface area (Å²) in [5, 5.41) is 6.67. The van der Waals surface area contributed by atoms with E-state index in [1.165, 1.54) is 32.9 Å². The summed E-state index contributed by atoms with van der Waals surface area (Å²) in [6.45, 7) is 4.28. The van der Waals surface area contributed by atoms with Gasteiger partial charge in [0.05, 0.1) is 11.0 Å². The fourth-order valence-electron chi connectivity index (χ4n) is 7.17. The predicted octanol–water partition coefficient (Wildman–Crippen LogP) is 12.3. The second kappa shape index (κ2) is 12.6. The van der Waals surface area contributed by atoms with Crippen LogP contribution >= 0.6 is 0 Å². The quantitative estimate of drug-likeness (QED) is 0.171. The maximum Gasteiger partial charge on any atom is 0.258 e. The number of hydrogen-bond acceptors (Lipinski definition) is 4. The topological polar surface area (TPSA) is 47.1 Å². The third kappa shape index (κ3) is 5.36. The number of rotatable bonds is 7. The first kappa shape index (κ1) is 30.3. The molecule has 244 valence electrons. The van der Waals surface area contributed by atoms with E-state index in [1.807, 2.05) is 30.3 Å². The maximum absolute atomic E-state index is 5.71. The maximum atomic E-state index is 5.71. The molecule has 0 atom stereocenters. The van der Waals surface area contributed by atoms with Crippen molar-refractivity contribution in [3.8, 4) is 39.7 Å². The Labute approximate surface area is 296 Å². The van der Waals surface area contributed by atoms with Crippen molar-refractivity contribution in [3.63, 3.8) is 0 Å². The summed E-state index contributed by atoms with van der Waals surface area (Å²) in [6, 6.07) is 59.6. The van der Waals surface area contributed by atoms with Crippen molar-refractivity contribution in [2.75, 3.05) is 4.90 Å². The van der Waals surface area contributed by atoms with Crippen molar-refractivity contribution in [1.82, 2.24) is 14.7 Å². The average Bonchev–Trinajstić information content (AvgIpc) is 3.81. The van der Waals surface area contributed by atoms with Crippen LogP contribution in [0.15, 0.2) is 174 Å². The third-order valence-corrected chi connectivity index (χ3v) is 9.86. The molecule has 0 aliphatic rings. The van der Waals surface area contributed by atoms with Crippen LogP contribution in [0.5, 0.6) is 0 Å². The zero-order valence-electron chi connectivity index (χ0n) is 28.4. The van der Waals surface area contributed by atoms with E-state index >= 15 is 0 Å². The summed E-state index contributed by atoms with van der Waals surface area (Å²) < 4.78 is 8.08. The van der Waals surface area contributed by atoms with E-state index in [9.17, 15) is 0 Å². The predicted molar refractivity (Wildman–Crippen MR) is 209 cm³/mol. The van der Waals surface area contributed by atoms with Gasteiger partial charge in [0.15, 0.2) is 0 Å². The van der Waals surface area contributed by atoms with Crippen LogP contribution in [0.2, 0.25) is 0 Å². The van der Waals surface area contributed by atoms with Crippen LogP contribution in [0.25, 0.3) is 61.5 Å². The number of para-hydroxylation sites is 3. The van der Waals surface area contributed by atoms with Gasteiger partial charge in [0.25, 0.3) is 5.89 Å². The first-order chi connectivity index (χ1) is 25.1. The number of nitrogens with zero attached hydrogens (tertiary/aromatic N) is 4. The fourth-order valence-corrected chi connectivity index (χ4v) is 7.17. The highest BCUT2D eigenvalue weighted by Gasteiger charge is 2.19. The number of aromatic nitrogens is 3. The van der Waals surface area contributed by atoms with Crippen molar-refractivity contribution >= 4 is 38.9 Å². The third-order valence-electron chi connectivity index (χ3n) is 9.86. The molecule has 0 spiro atoms. The van der Waals surface area contributed by atoms with Gasteiger partial charge in [-0.15, -0.1) is 0 Å². The van der Waals surface area contributed by atoms with E-state index in [1.54, 1.807) is 0 Å². The minimum Gasteiger partial charge on any atom is -0.334 e. The molecule has 0 bridgehead atoms. The fraction of sp³-hybridized carbons (Fsp3) is 0.0435. The molecular weight excluding hydrogens is 625 g/mol. The number of anilines is 3. The molecule has 0 radical (unpaired) electrons. The molecule has 0 aliphatic heterocycles. The van der Waals surface area contributed by atoms with Crippen molar-refractivity contribution < 1.29 is 4.52 Å². The van der Waals surface area contributed by atoms with Crippen LogP contribution in [0, 0.1) is 13.8 Å². The van der Waals surface area contributed by atoms with Crippen LogP contribution in [-0.2, 0) is 0 Å². The van der Waals surface area contributed by atoms with E-state index in [-0.39, 0.29) is 0 Å². The van der Waals surface area contributed by atoms with Crippen LogP contribution in [0.4, 0.5) is 17.1 Å². The molecule has 5 nitrogen and oxygen atoms in total. The van der Waals surface area contributed by atoms with Crippen LogP contribution < -0.4 is 4.90 Å². The second-order valence-electron chi connectivity index (χ2n) is 12.8. The Kier molecular flexibility index (Phi) is 7.51. The zero-order valence-corrected chi connectivity index (χ0v) is 28.4. The first-order valence-corrected chi connectivity index (χ1v) is 17.2. The van der Waals surface area contributed by atoms with Gasteiger partial charge in [-0.3, -0.25) is 0 Å². The lowest BCUT2D eigenvalue weighted by Crippen LogP contribution is -2.09. The molecule has 0 N–H and O–H groups in total. The van der Waals surface area contributed by atoms with Gasteiger partial charge in [0.1, 0.15) is 0 Å². The summed E-state index contributed by atoms with van der Waals surface area (Å²) in [7, 11) is 0. The molecule has 5 heteroatoms. The minimum atomic E-state index is 0.529. The van der Waals surface area contributed by atoms with E-state index < -0.39 is 0 Å². The van der Waals surface area contributed by atoms with Crippen molar-refractivity contribution in [3.05, 3.63) is 181 Å². The van der Waals surface area contributed by atoms with E-state index in [0.717, 1.165) is 45.0 Å². The van der Waals surface area contributed by atoms with Gasteiger partial charge in [-0.1, -0.05) is 108 Å². The van der Waals surface area contributed by atoms with Crippen LogP contribution in [-0.4, -0.2) is 14.7 Å². The molecule has 9 rings (SSSR count). The molecule has 7 aromatic carbocycles. The Morgan fingerprint density at radius 2 is 1.08 bits per heavy atom. The number of hydrogen-bond donors (Lipinski definition) is 0. The molecule has 0 unspecified atom stereocenters. The van der Waals surface area contributed by atoms with Gasteiger partial charge in [0.2, 0.25) is 5.82 Å². The average molecular weight is 659 g/mol. The number of benzene rings is 7. The normalized spacial score (nSPS) is 11.3. The lowest BCUT2D eigenvalue weighted by atomic mass is 9.93. The lowest BCUT2D eigenvalue weighted by Gasteiger charge is -2.25. The number of fused-ring (bicyclic) bond motifs is 3. The summed E-state index contributed by atoms with van der Waals surface area (Å²) in [4.78, 5) is 7.02. The van der Waals surface area contributed by atoms with E-state index in [0.29, 0.717) is 11.7 Å². The van der Waals surface area contributed by atoms with Gasteiger partial charge < -0.3 is 14.0 Å². The monoisotopic (exact) mass is 658 g/mol. The largest absolute Gasteiger partial charge is 0.334 e. The summed E-state index contributed by atoms with van der Waals surface area (Å²) in [5.41, 5.74) is 13.3. The molecular formula is C46H34N4O. The van der Waals surface area contributed by atoms with Crippen LogP contribution in [0.1, 0.15) is 11.1 Å². The smallest absolute Gasteiger partial charge is 0.258 e. The standard InChI is InChI=1S/C46H34N4O/c1-31-32(2)40(46-47-45(48-51-46)34-14-6-3-7-15-34)28-27-39(31)33-22-24-37(25-23-33)50-43-21-13-12-20-41(43)42-30-38(26-29-44(42)50)49(35-16-8-4-9-17-35)36-18-10-5-11-19-36/h3-30H,1-2H3. The van der Waals surface area contributed by atoms with Gasteiger partial charge in [0, 0.05) is 44.6 Å². The molecule has 51 heavy (non-hydrogen) atoms. The van der Waals surface area contributed by atoms with Gasteiger partial charge in [-0.2, -0.15) is 4.98 Å². The lowest BCUT2D eigenvalue weighted by molar-refractivity contribution is 0.432. The molecule has 2 heterocycles. The van der Waals surface area contributed by atoms with E-state index in [4.69, 9.17) is 9.51 Å². The Bertz CT molecular complexity index is 2600. The van der Waals surface area contributed by atoms with Crippen molar-refractivity contribution in [2.45, 2.75) is 13.8 Å². The molecule has 2 aromatic heterocycles. The Hall–Kier alpha value is -6.72. The molecule has 9 aromatic rings. The second-order valence-corrected chi connectivity index (χ2v) is 12.8. The summed E-state index contributed by atoms with van der Waals surface area (Å²) in [5.74, 6) is 1.12. The van der Waals surface area contributed by atoms with Gasteiger partial charge >= 0.3 is 0 Å². The highest BCUT2D eigenvalue weighted by molar-refractivity contribution is 6.10. The summed E-state index contributed by atoms with van der Waals surface area (Å²) in [6.07, 6.45) is 0. The van der Waals surface area contributed by atoms with Crippen molar-refractivity contribution in [1.29, 1.82) is 0 Å². The highest BCUT2D eigenvalue weighted by Crippen LogP contribution is 2.40. The highest BCUT2D eigenvalue weighted by atomic mass is 16.5. The Morgan fingerprint density at radius 3 is 1.78 bits per heavy atom. The zero-order chi connectivity index (χ0) is 34.3. The molecule has 0 fully saturated rings. The summed E-state index contributed by atoms with van der Waals surface area (Å²) >= 11 is 0. The molecule has 0 saturated carbocycles. The molecule has 0 saturated heterocycles. The SMILES string of the molecule is Cc1c(-c2ccc(-n3c4ccccc4c4cc(N(c5ccccc5)c5ccccc5)ccc43)cc2)ccc(-c2nc(-c3ccccc3)no2)c1C. The molecule has 0 aliphatic carbocycles.